The summed E-state index contributed by atoms with van der Waals surface area (Å²) in [7, 11) is 1.65. The molecule has 1 aliphatic rings. The third-order valence-corrected chi connectivity index (χ3v) is 6.06. The molecule has 0 radical (unpaired) electrons. The Morgan fingerprint density at radius 3 is 2.30 bits per heavy atom. The maximum absolute atomic E-state index is 6.25. The molecule has 4 rings (SSSR count). The molecule has 1 fully saturated rings. The molecule has 1 aliphatic carbocycles. The lowest BCUT2D eigenvalue weighted by molar-refractivity contribution is 0.130. The van der Waals surface area contributed by atoms with Crippen LogP contribution in [0.25, 0.3) is 0 Å². The van der Waals surface area contributed by atoms with Gasteiger partial charge in [0, 0.05) is 26.5 Å². The number of ether oxygens (including phenoxy) is 1. The Morgan fingerprint density at radius 2 is 1.63 bits per heavy atom. The summed E-state index contributed by atoms with van der Waals surface area (Å²) >= 11 is 18.3. The van der Waals surface area contributed by atoms with Gasteiger partial charge in [0.1, 0.15) is 12.4 Å². The van der Waals surface area contributed by atoms with E-state index in [0.29, 0.717) is 16.0 Å². The minimum Gasteiger partial charge on any atom is -0.497 e. The van der Waals surface area contributed by atoms with Gasteiger partial charge < -0.3 is 9.57 Å². The first kappa shape index (κ1) is 21.0. The SMILES string of the molecule is COc1ccc(/C(=N/OCc2ccc(Cl)cc2Cl)[C@@H]2C[C@@H]2c2ccc(Cl)cc2)cc1. The first-order valence-corrected chi connectivity index (χ1v) is 10.7. The molecule has 0 amide bonds. The Kier molecular flexibility index (Phi) is 6.52. The summed E-state index contributed by atoms with van der Waals surface area (Å²) in [5, 5.41) is 6.42. The van der Waals surface area contributed by atoms with Crippen molar-refractivity contribution in [2.24, 2.45) is 11.1 Å². The summed E-state index contributed by atoms with van der Waals surface area (Å²) in [6.07, 6.45) is 1.01. The molecular formula is C24H20Cl3NO2. The van der Waals surface area contributed by atoms with Crippen LogP contribution in [-0.4, -0.2) is 12.8 Å². The van der Waals surface area contributed by atoms with Crippen molar-refractivity contribution in [3.8, 4) is 5.75 Å². The molecule has 0 aliphatic heterocycles. The highest BCUT2D eigenvalue weighted by Gasteiger charge is 2.43. The van der Waals surface area contributed by atoms with Crippen LogP contribution in [0.5, 0.6) is 5.75 Å². The Hall–Kier alpha value is -2.20. The van der Waals surface area contributed by atoms with Gasteiger partial charge in [-0.1, -0.05) is 58.2 Å². The maximum Gasteiger partial charge on any atom is 0.143 e. The Bertz CT molecular complexity index is 1050. The quantitative estimate of drug-likeness (QED) is 0.272. The fourth-order valence-electron chi connectivity index (χ4n) is 3.48. The van der Waals surface area contributed by atoms with Crippen LogP contribution in [0.3, 0.4) is 0 Å². The van der Waals surface area contributed by atoms with E-state index in [0.717, 1.165) is 34.0 Å². The Balaban J connectivity index is 1.55. The summed E-state index contributed by atoms with van der Waals surface area (Å²) in [5.41, 5.74) is 4.03. The van der Waals surface area contributed by atoms with Crippen LogP contribution in [0.15, 0.2) is 71.9 Å². The molecule has 1 saturated carbocycles. The summed E-state index contributed by atoms with van der Waals surface area (Å²) in [6, 6.07) is 21.2. The third kappa shape index (κ3) is 4.92. The highest BCUT2D eigenvalue weighted by Crippen LogP contribution is 2.49. The first-order valence-electron chi connectivity index (χ1n) is 9.59. The van der Waals surface area contributed by atoms with Crippen molar-refractivity contribution < 1.29 is 9.57 Å². The van der Waals surface area contributed by atoms with E-state index in [1.54, 1.807) is 19.2 Å². The van der Waals surface area contributed by atoms with Gasteiger partial charge in [0.2, 0.25) is 0 Å². The molecule has 0 bridgehead atoms. The van der Waals surface area contributed by atoms with Crippen LogP contribution in [0.2, 0.25) is 15.1 Å². The largest absolute Gasteiger partial charge is 0.497 e. The molecule has 3 nitrogen and oxygen atoms in total. The predicted molar refractivity (Wildman–Crippen MR) is 123 cm³/mol. The van der Waals surface area contributed by atoms with Gasteiger partial charge >= 0.3 is 0 Å². The normalized spacial score (nSPS) is 18.2. The predicted octanol–water partition coefficient (Wildman–Crippen LogP) is 7.38. The molecular weight excluding hydrogens is 441 g/mol. The van der Waals surface area contributed by atoms with Crippen LogP contribution in [0.1, 0.15) is 29.0 Å². The number of halogens is 3. The van der Waals surface area contributed by atoms with E-state index >= 15 is 0 Å². The molecule has 3 aromatic rings. The zero-order chi connectivity index (χ0) is 21.1. The van der Waals surface area contributed by atoms with Gasteiger partial charge in [-0.3, -0.25) is 0 Å². The average molecular weight is 461 g/mol. The van der Waals surface area contributed by atoms with E-state index in [-0.39, 0.29) is 12.5 Å². The highest BCUT2D eigenvalue weighted by atomic mass is 35.5. The summed E-state index contributed by atoms with van der Waals surface area (Å²) in [4.78, 5) is 5.73. The third-order valence-electron chi connectivity index (χ3n) is 5.22. The van der Waals surface area contributed by atoms with Crippen molar-refractivity contribution in [2.75, 3.05) is 7.11 Å². The zero-order valence-electron chi connectivity index (χ0n) is 16.3. The second kappa shape index (κ2) is 9.30. The van der Waals surface area contributed by atoms with Gasteiger partial charge in [0.15, 0.2) is 0 Å². The second-order valence-corrected chi connectivity index (χ2v) is 8.49. The first-order chi connectivity index (χ1) is 14.5. The monoisotopic (exact) mass is 459 g/mol. The standard InChI is InChI=1S/C24H20Cl3NO2/c1-29-20-10-5-16(6-11-20)24(22-13-21(22)15-2-7-18(25)8-3-15)28-30-14-17-4-9-19(26)12-23(17)27/h2-12,21-22H,13-14H2,1H3/b28-24-/t21-,22-/m1/s1. The summed E-state index contributed by atoms with van der Waals surface area (Å²) in [5.74, 6) is 1.48. The fraction of sp³-hybridized carbons (Fsp3) is 0.208. The van der Waals surface area contributed by atoms with E-state index in [4.69, 9.17) is 44.4 Å². The van der Waals surface area contributed by atoms with Crippen LogP contribution >= 0.6 is 34.8 Å². The molecule has 3 aromatic carbocycles. The van der Waals surface area contributed by atoms with Gasteiger partial charge in [-0.2, -0.15) is 0 Å². The lowest BCUT2D eigenvalue weighted by Gasteiger charge is -2.09. The Morgan fingerprint density at radius 1 is 0.933 bits per heavy atom. The molecule has 0 N–H and O–H groups in total. The van der Waals surface area contributed by atoms with Gasteiger partial charge in [-0.25, -0.2) is 0 Å². The lowest BCUT2D eigenvalue weighted by Crippen LogP contribution is -2.07. The van der Waals surface area contributed by atoms with Gasteiger partial charge in [0.05, 0.1) is 12.8 Å². The molecule has 30 heavy (non-hydrogen) atoms. The molecule has 0 aromatic heterocycles. The molecule has 154 valence electrons. The van der Waals surface area contributed by atoms with E-state index in [9.17, 15) is 0 Å². The van der Waals surface area contributed by atoms with Crippen molar-refractivity contribution in [1.82, 2.24) is 0 Å². The van der Waals surface area contributed by atoms with Crippen molar-refractivity contribution in [3.05, 3.63) is 98.5 Å². The molecule has 6 heteroatoms. The topological polar surface area (TPSA) is 30.8 Å². The number of oxime groups is 1. The highest BCUT2D eigenvalue weighted by molar-refractivity contribution is 6.35. The summed E-state index contributed by atoms with van der Waals surface area (Å²) < 4.78 is 5.28. The van der Waals surface area contributed by atoms with E-state index in [1.807, 2.05) is 42.5 Å². The second-order valence-electron chi connectivity index (χ2n) is 7.21. The van der Waals surface area contributed by atoms with Crippen LogP contribution in [-0.2, 0) is 11.4 Å². The number of benzene rings is 3. The average Bonchev–Trinajstić information content (AvgIpc) is 3.54. The zero-order valence-corrected chi connectivity index (χ0v) is 18.6. The van der Waals surface area contributed by atoms with Crippen molar-refractivity contribution >= 4 is 40.5 Å². The maximum atomic E-state index is 6.25. The minimum absolute atomic E-state index is 0.272. The van der Waals surface area contributed by atoms with Crippen molar-refractivity contribution in [1.29, 1.82) is 0 Å². The number of methoxy groups -OCH3 is 1. The molecule has 0 saturated heterocycles. The lowest BCUT2D eigenvalue weighted by atomic mass is 10.0. The molecule has 0 unspecified atom stereocenters. The van der Waals surface area contributed by atoms with Gasteiger partial charge in [-0.05, 0) is 72.0 Å². The number of hydrogen-bond donors (Lipinski definition) is 0. The van der Waals surface area contributed by atoms with Crippen LogP contribution in [0, 0.1) is 5.92 Å². The molecule has 2 atom stereocenters. The molecule has 0 spiro atoms. The van der Waals surface area contributed by atoms with Crippen LogP contribution < -0.4 is 4.74 Å². The number of hydrogen-bond acceptors (Lipinski definition) is 3. The van der Waals surface area contributed by atoms with E-state index in [1.165, 1.54) is 5.56 Å². The summed E-state index contributed by atoms with van der Waals surface area (Å²) in [6.45, 7) is 0.272. The fourth-order valence-corrected chi connectivity index (χ4v) is 4.07. The van der Waals surface area contributed by atoms with Gasteiger partial charge in [0.25, 0.3) is 0 Å². The van der Waals surface area contributed by atoms with E-state index in [2.05, 4.69) is 17.3 Å². The number of nitrogens with zero attached hydrogens (tertiary/aromatic N) is 1. The van der Waals surface area contributed by atoms with E-state index < -0.39 is 0 Å². The minimum atomic E-state index is 0.272. The van der Waals surface area contributed by atoms with Gasteiger partial charge in [-0.15, -0.1) is 0 Å². The van der Waals surface area contributed by atoms with Crippen molar-refractivity contribution in [2.45, 2.75) is 18.9 Å². The smallest absolute Gasteiger partial charge is 0.143 e. The Labute approximate surface area is 191 Å². The van der Waals surface area contributed by atoms with Crippen LogP contribution in [0.4, 0.5) is 0 Å². The number of rotatable bonds is 7. The van der Waals surface area contributed by atoms with Crippen molar-refractivity contribution in [3.63, 3.8) is 0 Å². The molecule has 0 heterocycles.